The lowest BCUT2D eigenvalue weighted by Gasteiger charge is -2.33. The van der Waals surface area contributed by atoms with Crippen molar-refractivity contribution in [2.45, 2.75) is 17.5 Å². The molecule has 1 N–H and O–H groups in total. The fourth-order valence-corrected chi connectivity index (χ4v) is 6.30. The Morgan fingerprint density at radius 3 is 2.11 bits per heavy atom. The van der Waals surface area contributed by atoms with Crippen LogP contribution in [-0.4, -0.2) is 69.6 Å². The first kappa shape index (κ1) is 31.5. The van der Waals surface area contributed by atoms with Crippen molar-refractivity contribution >= 4 is 39.4 Å². The van der Waals surface area contributed by atoms with Gasteiger partial charge < -0.3 is 9.64 Å². The molecule has 236 valence electrons. The van der Waals surface area contributed by atoms with Crippen LogP contribution in [-0.2, 0) is 30.9 Å². The number of hydrogen-bond donors (Lipinski definition) is 1. The van der Waals surface area contributed by atoms with Gasteiger partial charge in [-0.25, -0.2) is 22.3 Å². The highest BCUT2D eigenvalue weighted by Crippen LogP contribution is 2.28. The summed E-state index contributed by atoms with van der Waals surface area (Å²) in [6, 6.07) is 24.1. The van der Waals surface area contributed by atoms with Crippen molar-refractivity contribution < 1.29 is 32.5 Å². The molecule has 0 spiro atoms. The van der Waals surface area contributed by atoms with Gasteiger partial charge in [0.15, 0.2) is 11.0 Å². The van der Waals surface area contributed by atoms with Crippen molar-refractivity contribution in [3.63, 3.8) is 0 Å². The maximum atomic E-state index is 13.1. The number of nitrogens with one attached hydrogen (secondary N) is 1. The molecule has 2 heterocycles. The number of nitro groups is 1. The van der Waals surface area contributed by atoms with Crippen LogP contribution in [0.4, 0.5) is 16.3 Å². The number of nitrogens with zero attached hydrogens (tertiary/aromatic N) is 5. The Morgan fingerprint density at radius 2 is 1.52 bits per heavy atom. The third kappa shape index (κ3) is 6.91. The average Bonchev–Trinajstić information content (AvgIpc) is 3.05. The maximum Gasteiger partial charge on any atom is 0.413 e. The first-order chi connectivity index (χ1) is 22.0. The number of ether oxygens (including phenoxy) is 1. The molecule has 46 heavy (non-hydrogen) atoms. The molecule has 3 aromatic carbocycles. The summed E-state index contributed by atoms with van der Waals surface area (Å²) in [6.45, 7) is -1.80. The molecule has 1 saturated heterocycles. The predicted molar refractivity (Wildman–Crippen MR) is 162 cm³/mol. The lowest BCUT2D eigenvalue weighted by atomic mass is 10.0. The highest BCUT2D eigenvalue weighted by molar-refractivity contribution is 7.89. The van der Waals surface area contributed by atoms with Crippen LogP contribution in [0.25, 0.3) is 0 Å². The Labute approximate surface area is 261 Å². The summed E-state index contributed by atoms with van der Waals surface area (Å²) in [5.74, 6) is -1.76. The van der Waals surface area contributed by atoms with Gasteiger partial charge in [0.2, 0.25) is 5.91 Å². The number of carbonyl (C=O) groups excluding carboxylic acids is 3. The van der Waals surface area contributed by atoms with E-state index in [9.17, 15) is 37.7 Å². The number of anilines is 1. The van der Waals surface area contributed by atoms with Gasteiger partial charge >= 0.3 is 11.8 Å². The summed E-state index contributed by atoms with van der Waals surface area (Å²) in [5.41, 5.74) is -0.107. The number of hydrogen-bond acceptors (Lipinski definition) is 10. The van der Waals surface area contributed by atoms with E-state index in [4.69, 9.17) is 4.74 Å². The van der Waals surface area contributed by atoms with Gasteiger partial charge in [0.25, 0.3) is 21.6 Å². The van der Waals surface area contributed by atoms with Gasteiger partial charge in [0.1, 0.15) is 18.9 Å². The van der Waals surface area contributed by atoms with Crippen molar-refractivity contribution in [2.24, 2.45) is 0 Å². The van der Waals surface area contributed by atoms with E-state index in [2.05, 4.69) is 10.3 Å². The molecular formula is C30H26N6O9S. The van der Waals surface area contributed by atoms with Crippen molar-refractivity contribution in [1.82, 2.24) is 18.8 Å². The summed E-state index contributed by atoms with van der Waals surface area (Å²) in [4.78, 5) is 65.8. The molecule has 0 radical (unpaired) electrons. The highest BCUT2D eigenvalue weighted by atomic mass is 32.2. The Bertz CT molecular complexity index is 1910. The zero-order chi connectivity index (χ0) is 32.8. The fraction of sp³-hybridized carbons (Fsp3) is 0.167. The van der Waals surface area contributed by atoms with Gasteiger partial charge in [-0.05, 0) is 23.3 Å². The van der Waals surface area contributed by atoms with E-state index in [0.29, 0.717) is 4.31 Å². The summed E-state index contributed by atoms with van der Waals surface area (Å²) in [7, 11) is -4.56. The molecule has 1 fully saturated rings. The lowest BCUT2D eigenvalue weighted by molar-refractivity contribution is -0.387. The second-order valence-corrected chi connectivity index (χ2v) is 11.8. The predicted octanol–water partition coefficient (Wildman–Crippen LogP) is 2.55. The van der Waals surface area contributed by atoms with Crippen LogP contribution in [0.3, 0.4) is 0 Å². The number of amides is 3. The molecule has 0 atom stereocenters. The second kappa shape index (κ2) is 13.4. The molecule has 5 rings (SSSR count). The fourth-order valence-electron chi connectivity index (χ4n) is 4.76. The Kier molecular flexibility index (Phi) is 9.18. The highest BCUT2D eigenvalue weighted by Gasteiger charge is 2.38. The number of nitro benzene ring substituents is 1. The lowest BCUT2D eigenvalue weighted by Crippen LogP contribution is -2.54. The minimum Gasteiger partial charge on any atom is -0.436 e. The first-order valence-electron chi connectivity index (χ1n) is 13.8. The van der Waals surface area contributed by atoms with Crippen LogP contribution < -0.4 is 11.0 Å². The van der Waals surface area contributed by atoms with Crippen molar-refractivity contribution in [3.05, 3.63) is 129 Å². The van der Waals surface area contributed by atoms with Crippen LogP contribution in [0, 0.1) is 10.1 Å². The molecule has 4 aromatic rings. The Hall–Kier alpha value is -5.90. The summed E-state index contributed by atoms with van der Waals surface area (Å²) in [6.07, 6.45) is -0.377. The van der Waals surface area contributed by atoms with E-state index in [1.165, 1.54) is 24.4 Å². The monoisotopic (exact) mass is 646 g/mol. The maximum absolute atomic E-state index is 13.1. The largest absolute Gasteiger partial charge is 0.436 e. The Balaban J connectivity index is 1.21. The molecule has 0 saturated carbocycles. The molecule has 0 unspecified atom stereocenters. The quantitative estimate of drug-likeness (QED) is 0.209. The zero-order valence-corrected chi connectivity index (χ0v) is 24.8. The van der Waals surface area contributed by atoms with E-state index >= 15 is 0 Å². The number of benzene rings is 3. The second-order valence-electron chi connectivity index (χ2n) is 9.97. The molecule has 1 aromatic heterocycles. The number of rotatable bonds is 9. The molecule has 16 heteroatoms. The summed E-state index contributed by atoms with van der Waals surface area (Å²) in [5, 5.41) is 13.7. The number of piperazine rings is 1. The minimum absolute atomic E-state index is 0.123. The molecule has 1 aliphatic heterocycles. The number of carbonyl (C=O) groups is 3. The van der Waals surface area contributed by atoms with Gasteiger partial charge in [-0.1, -0.05) is 72.8 Å². The van der Waals surface area contributed by atoms with E-state index in [1.807, 2.05) is 60.7 Å². The van der Waals surface area contributed by atoms with Crippen LogP contribution in [0.15, 0.2) is 107 Å². The Morgan fingerprint density at radius 1 is 0.913 bits per heavy atom. The van der Waals surface area contributed by atoms with Gasteiger partial charge in [-0.15, -0.1) is 0 Å². The molecule has 15 nitrogen and oxygen atoms in total. The van der Waals surface area contributed by atoms with Crippen molar-refractivity contribution in [2.75, 3.05) is 25.0 Å². The average molecular weight is 647 g/mol. The van der Waals surface area contributed by atoms with Crippen LogP contribution in [0.5, 0.6) is 0 Å². The van der Waals surface area contributed by atoms with E-state index in [-0.39, 0.29) is 12.4 Å². The normalized spacial score (nSPS) is 13.4. The van der Waals surface area contributed by atoms with E-state index < -0.39 is 74.9 Å². The zero-order valence-electron chi connectivity index (χ0n) is 24.0. The van der Waals surface area contributed by atoms with Crippen LogP contribution in [0.1, 0.15) is 17.2 Å². The molecular weight excluding hydrogens is 620 g/mol. The first-order valence-corrected chi connectivity index (χ1v) is 15.2. The van der Waals surface area contributed by atoms with Gasteiger partial charge in [-0.2, -0.15) is 4.98 Å². The van der Waals surface area contributed by atoms with Crippen molar-refractivity contribution in [1.29, 1.82) is 0 Å². The summed E-state index contributed by atoms with van der Waals surface area (Å²) >= 11 is 0. The minimum atomic E-state index is -4.56. The molecule has 0 aliphatic carbocycles. The number of para-hydroxylation sites is 1. The number of sulfonamides is 1. The molecule has 1 aliphatic rings. The third-order valence-corrected chi connectivity index (χ3v) is 8.87. The summed E-state index contributed by atoms with van der Waals surface area (Å²) < 4.78 is 33.2. The standard InChI is InChI=1S/C30H26N6O9S/c37-26(33-17-18-35(27(38)20-33)46(43,44)24-14-8-7-13-23(24)36(41)42)19-34-16-15-25(31-29(34)39)32-30(40)45-28(21-9-3-1-4-10-21)22-11-5-2-6-12-22/h1-16,28H,17-20H2,(H,31,32,39,40). The SMILES string of the molecule is O=C(Nc1ccn(CC(=O)N2CCN(S(=O)(=O)c3ccccc3[N+](=O)[O-])C(=O)C2)c(=O)n1)OC(c1ccccc1)c1ccccc1. The number of aromatic nitrogens is 2. The van der Waals surface area contributed by atoms with Crippen LogP contribution >= 0.6 is 0 Å². The van der Waals surface area contributed by atoms with Gasteiger partial charge in [0.05, 0.1) is 11.5 Å². The van der Waals surface area contributed by atoms with Crippen molar-refractivity contribution in [3.8, 4) is 0 Å². The van der Waals surface area contributed by atoms with E-state index in [1.54, 1.807) is 0 Å². The van der Waals surface area contributed by atoms with Gasteiger partial charge in [-0.3, -0.25) is 29.6 Å². The molecule has 0 bridgehead atoms. The smallest absolute Gasteiger partial charge is 0.413 e. The molecule has 3 amide bonds. The third-order valence-electron chi connectivity index (χ3n) is 7.00. The van der Waals surface area contributed by atoms with Gasteiger partial charge in [0, 0.05) is 18.8 Å². The van der Waals surface area contributed by atoms with Crippen LogP contribution in [0.2, 0.25) is 0 Å². The topological polar surface area (TPSA) is 191 Å². The van der Waals surface area contributed by atoms with E-state index in [0.717, 1.165) is 32.7 Å².